The number of hydrogen-bond acceptors (Lipinski definition) is 33. The Morgan fingerprint density at radius 2 is 0.346 bits per heavy atom. The van der Waals surface area contributed by atoms with Gasteiger partial charge in [0.05, 0.1) is 24.4 Å². The normalized spacial score (nSPS) is 7.70. The first-order valence-electron chi connectivity index (χ1n) is 25.2. The van der Waals surface area contributed by atoms with Gasteiger partial charge in [0.1, 0.15) is 0 Å². The van der Waals surface area contributed by atoms with Crippen LogP contribution in [0, 0.1) is 0 Å². The van der Waals surface area contributed by atoms with Crippen LogP contribution in [0.1, 0.15) is 97.9 Å². The summed E-state index contributed by atoms with van der Waals surface area (Å²) in [5.74, 6) is 0. The Balaban J connectivity index is -0.0000000422. The minimum absolute atomic E-state index is 0. The van der Waals surface area contributed by atoms with E-state index >= 15 is 0 Å². The molecule has 2 aromatic heterocycles. The van der Waals surface area contributed by atoms with E-state index in [0.29, 0.717) is 0 Å². The fourth-order valence-electron chi connectivity index (χ4n) is 2.32. The number of imide groups is 5. The SMILES string of the molecule is C.C.CC(C)O.CC(C)O.CC(C)OC(=O)NC(N)=O.CC(C)OC(=O)NC(N)=O.CC(C)OC(N)=O.CC(C)OC(N)=O.N.N.N.N.NC(=O)NC(N)=O.NC(=O)NC(N)=O.NC(=O)NC(N)=O.NC(N)=O.NC(N)=O.NC(N)=O.NC(N)=O.NC(N)=O.O=c1[nH]c(=O)[nH]c(=O)[nH]1.O=c1[nH]c(=O)[nH]c(=O)[nH]1. The van der Waals surface area contributed by atoms with Crippen molar-refractivity contribution in [3.8, 4) is 0 Å². The van der Waals surface area contributed by atoms with Crippen LogP contribution in [-0.2, 0) is 18.9 Å². The number of nitrogens with one attached hydrogen (secondary N) is 11. The van der Waals surface area contributed by atoms with E-state index in [0.717, 1.165) is 0 Å². The summed E-state index contributed by atoms with van der Waals surface area (Å²) in [7, 11) is 0. The number of rotatable bonds is 4. The predicted octanol–water partition coefficient (Wildman–Crippen LogP) is -9.10. The van der Waals surface area contributed by atoms with Crippen LogP contribution in [-0.4, -0.2) is 180 Å². The molecule has 0 saturated carbocycles. The van der Waals surface area contributed by atoms with Crippen molar-refractivity contribution in [3.05, 3.63) is 62.9 Å². The van der Waals surface area contributed by atoms with E-state index in [4.69, 9.17) is 34.2 Å². The number of H-pyrrole nitrogens is 6. The highest BCUT2D eigenvalue weighted by atomic mass is 16.6. The Kier molecular flexibility index (Phi) is 134. The quantitative estimate of drug-likeness (QED) is 0.126. The first-order chi connectivity index (χ1) is 45.2. The molecule has 0 spiro atoms. The molecule has 2 heterocycles. The largest absolute Gasteiger partial charge is 0.447 e. The minimum atomic E-state index is -0.938. The highest BCUT2D eigenvalue weighted by Crippen LogP contribution is 1.88. The van der Waals surface area contributed by atoms with Crippen LogP contribution in [0.25, 0.3) is 0 Å². The van der Waals surface area contributed by atoms with Crippen molar-refractivity contribution in [2.45, 2.75) is 135 Å². The van der Waals surface area contributed by atoms with Gasteiger partial charge in [0.25, 0.3) is 0 Å². The lowest BCUT2D eigenvalue weighted by Crippen LogP contribution is -2.38. The molecule has 2 aromatic rings. The number of primary amides is 20. The van der Waals surface area contributed by atoms with Crippen LogP contribution in [0.3, 0.4) is 0 Å². The molecule has 64 nitrogen and oxygen atoms in total. The summed E-state index contributed by atoms with van der Waals surface area (Å²) in [6.45, 7) is 20.5. The average Bonchev–Trinajstić information content (AvgIpc) is 0.922. The maximum Gasteiger partial charge on any atom is 0.415 e. The Labute approximate surface area is 605 Å². The number of carbonyl (C=O) groups is 17. The summed E-state index contributed by atoms with van der Waals surface area (Å²) in [4.78, 5) is 235. The monoisotopic (exact) mass is 1590 g/mol. The first-order valence-corrected chi connectivity index (χ1v) is 25.2. The summed E-state index contributed by atoms with van der Waals surface area (Å²) >= 11 is 0. The van der Waals surface area contributed by atoms with Crippen LogP contribution in [0.4, 0.5) is 81.5 Å². The molecule has 0 saturated heterocycles. The summed E-state index contributed by atoms with van der Waals surface area (Å²) in [6.07, 6.45) is -4.09. The fourth-order valence-corrected chi connectivity index (χ4v) is 2.32. The number of alkyl carbamates (subject to hydrolysis) is 2. The molecule has 0 bridgehead atoms. The third kappa shape index (κ3) is 355. The number of ether oxygens (including phenoxy) is 4. The second-order valence-electron chi connectivity index (χ2n) is 16.3. The number of aromatic amines is 6. The van der Waals surface area contributed by atoms with Crippen LogP contribution in [0.15, 0.2) is 28.8 Å². The van der Waals surface area contributed by atoms with Gasteiger partial charge >= 0.3 is 137 Å². The molecule has 0 aromatic carbocycles. The molecule has 0 radical (unpaired) electrons. The van der Waals surface area contributed by atoms with Gasteiger partial charge in [-0.1, -0.05) is 14.9 Å². The summed E-state index contributed by atoms with van der Waals surface area (Å²) in [6, 6.07) is -11.6. The van der Waals surface area contributed by atoms with Gasteiger partial charge < -0.3 is 168 Å². The third-order valence-electron chi connectivity index (χ3n) is 3.94. The summed E-state index contributed by atoms with van der Waals surface area (Å²) in [5, 5.41) is 24.4. The highest BCUT2D eigenvalue weighted by molar-refractivity contribution is 5.93. The zero-order chi connectivity index (χ0) is 84.3. The van der Waals surface area contributed by atoms with E-state index < -0.39 is 137 Å². The molecule has 636 valence electrons. The molecule has 0 fully saturated rings. The molecule has 65 N–H and O–H groups in total. The number of aliphatic hydroxyl groups is 2. The maximum absolute atomic E-state index is 10.4. The topological polar surface area (TPSA) is 1290 Å². The van der Waals surface area contributed by atoms with Gasteiger partial charge in [-0.2, -0.15) is 0 Å². The van der Waals surface area contributed by atoms with Crippen LogP contribution in [0.2, 0.25) is 0 Å². The van der Waals surface area contributed by atoms with Gasteiger partial charge in [0, 0.05) is 12.2 Å². The Morgan fingerprint density at radius 3 is 0.393 bits per heavy atom. The smallest absolute Gasteiger partial charge is 0.415 e. The Morgan fingerprint density at radius 1 is 0.252 bits per heavy atom. The molecular weight excluding hydrogens is 1470 g/mol. The van der Waals surface area contributed by atoms with E-state index in [1.807, 2.05) is 0 Å². The van der Waals surface area contributed by atoms with Gasteiger partial charge in [-0.25, -0.2) is 121 Å². The Hall–Kier alpha value is -14.8. The minimum Gasteiger partial charge on any atom is -0.447 e. The molecule has 64 heteroatoms. The number of hydrogen-bond donors (Lipinski definition) is 37. The number of urea groups is 13. The number of amides is 30. The van der Waals surface area contributed by atoms with E-state index in [9.17, 15) is 86.3 Å². The van der Waals surface area contributed by atoms with Crippen molar-refractivity contribution >= 4 is 103 Å². The second kappa shape index (κ2) is 97.6. The van der Waals surface area contributed by atoms with Gasteiger partial charge in [0.15, 0.2) is 0 Å². The van der Waals surface area contributed by atoms with Crippen molar-refractivity contribution in [1.29, 1.82) is 0 Å². The summed E-state index contributed by atoms with van der Waals surface area (Å²) in [5.41, 5.74) is 82.8. The van der Waals surface area contributed by atoms with Crippen LogP contribution < -0.4 is 200 Å². The van der Waals surface area contributed by atoms with Crippen LogP contribution in [0.5, 0.6) is 0 Å². The van der Waals surface area contributed by atoms with Crippen molar-refractivity contribution < 1.29 is 111 Å². The molecule has 107 heavy (non-hydrogen) atoms. The molecule has 30 amide bonds. The lowest BCUT2D eigenvalue weighted by Gasteiger charge is -2.05. The standard InChI is InChI=1S/2C5H10N2O3.2C4H9NO2.2C3H3N3O3.2C3H8O.3C2H5N3O2.5CH4N2O.2CH4.4H3N/c2*1-3(2)10-5(9)7-4(6)8;2*1-3(2)7-4(5)6;2*7-1-4-2(8)6-3(9)5-1;2*1-3(2)4;3*3-1(6)5-2(4)7;5*2-1(3)4;;;;;;/h2*3H,1-2H3,(H3,6,7,8,9);2*3H,1-2H3,(H2,5,6);2*(H3,4,5,6,7,8,9);2*3-4H,1-2H3;3*(H5,3,4,5,6,7);5*(H4,2,3,4);2*1H4;4*1H3. The van der Waals surface area contributed by atoms with E-state index in [2.05, 4.69) is 134 Å². The average molecular weight is 1590 g/mol. The zero-order valence-corrected chi connectivity index (χ0v) is 58.8. The first kappa shape index (κ1) is 147. The Bertz CT molecular complexity index is 2620. The highest BCUT2D eigenvalue weighted by Gasteiger charge is 2.07. The van der Waals surface area contributed by atoms with Gasteiger partial charge in [-0.3, -0.25) is 45.9 Å². The third-order valence-corrected chi connectivity index (χ3v) is 3.94. The zero-order valence-electron chi connectivity index (χ0n) is 58.8. The lowest BCUT2D eigenvalue weighted by molar-refractivity contribution is 0.116. The lowest BCUT2D eigenvalue weighted by atomic mass is 10.5. The molecule has 0 aliphatic carbocycles. The van der Waals surface area contributed by atoms with E-state index in [1.165, 1.54) is 0 Å². The maximum atomic E-state index is 10.4. The second-order valence-corrected chi connectivity index (χ2v) is 16.3. The van der Waals surface area contributed by atoms with Crippen molar-refractivity contribution in [2.75, 3.05) is 0 Å². The van der Waals surface area contributed by atoms with Gasteiger partial charge in [-0.05, 0) is 83.1 Å². The molecule has 0 aliphatic heterocycles. The number of aromatic nitrogens is 6. The predicted molar refractivity (Wildman–Crippen MR) is 381 cm³/mol. The van der Waals surface area contributed by atoms with Crippen molar-refractivity contribution in [2.24, 2.45) is 115 Å². The van der Waals surface area contributed by atoms with Gasteiger partial charge in [0.2, 0.25) is 0 Å². The number of carbonyl (C=O) groups excluding carboxylic acids is 17. The summed E-state index contributed by atoms with van der Waals surface area (Å²) < 4.78 is 17.8. The number of nitrogens with two attached hydrogens (primary N) is 20. The molecular formula is C43H115N35O29. The van der Waals surface area contributed by atoms with Crippen LogP contribution >= 0.6 is 0 Å². The van der Waals surface area contributed by atoms with E-state index in [1.54, 1.807) is 140 Å². The molecule has 0 unspecified atom stereocenters. The van der Waals surface area contributed by atoms with E-state index in [-0.39, 0.29) is 76.1 Å². The molecule has 2 rings (SSSR count). The number of aliphatic hydroxyl groups excluding tert-OH is 2. The molecule has 0 atom stereocenters. The molecule has 0 aliphatic rings. The van der Waals surface area contributed by atoms with Crippen molar-refractivity contribution in [1.82, 2.24) is 81.1 Å². The van der Waals surface area contributed by atoms with Gasteiger partial charge in [-0.15, -0.1) is 0 Å². The fraction of sp³-hybridized carbons (Fsp3) is 0.465. The van der Waals surface area contributed by atoms with Crippen molar-refractivity contribution in [3.63, 3.8) is 0 Å².